The van der Waals surface area contributed by atoms with Crippen molar-refractivity contribution in [1.29, 1.82) is 0 Å². The van der Waals surface area contributed by atoms with Crippen LogP contribution in [-0.4, -0.2) is 11.5 Å². The molecule has 0 saturated heterocycles. The van der Waals surface area contributed by atoms with Crippen molar-refractivity contribution in [3.05, 3.63) is 59.2 Å². The van der Waals surface area contributed by atoms with Crippen LogP contribution in [-0.2, 0) is 6.61 Å². The summed E-state index contributed by atoms with van der Waals surface area (Å²) in [5.41, 5.74) is 2.63. The van der Waals surface area contributed by atoms with Crippen LogP contribution in [0, 0.1) is 12.7 Å². The summed E-state index contributed by atoms with van der Waals surface area (Å²) in [7, 11) is 0. The molecular weight excluding hydrogens is 267 g/mol. The van der Waals surface area contributed by atoms with Crippen LogP contribution in [0.4, 0.5) is 4.39 Å². The molecule has 0 bridgehead atoms. The molecule has 1 N–H and O–H groups in total. The number of hydrogen-bond acceptors (Lipinski definition) is 3. The zero-order valence-corrected chi connectivity index (χ0v) is 12.7. The maximum atomic E-state index is 14.1. The van der Waals surface area contributed by atoms with Crippen LogP contribution in [0.5, 0.6) is 5.75 Å². The molecule has 1 aromatic heterocycles. The summed E-state index contributed by atoms with van der Waals surface area (Å²) in [5.74, 6) is -0.0874. The van der Waals surface area contributed by atoms with E-state index in [4.69, 9.17) is 4.74 Å². The highest BCUT2D eigenvalue weighted by molar-refractivity contribution is 5.31. The summed E-state index contributed by atoms with van der Waals surface area (Å²) < 4.78 is 19.6. The van der Waals surface area contributed by atoms with Crippen LogP contribution in [0.15, 0.2) is 36.4 Å². The number of nitrogens with one attached hydrogen (secondary N) is 1. The van der Waals surface area contributed by atoms with Gasteiger partial charge in [0.25, 0.3) is 0 Å². The van der Waals surface area contributed by atoms with E-state index in [1.807, 2.05) is 45.0 Å². The van der Waals surface area contributed by atoms with E-state index in [9.17, 15) is 4.39 Å². The second-order valence-corrected chi connectivity index (χ2v) is 5.03. The predicted molar refractivity (Wildman–Crippen MR) is 81.8 cm³/mol. The molecule has 0 aliphatic carbocycles. The number of benzene rings is 1. The summed E-state index contributed by atoms with van der Waals surface area (Å²) in [5, 5.41) is 3.26. The number of hydrogen-bond donors (Lipinski definition) is 1. The van der Waals surface area contributed by atoms with Gasteiger partial charge in [-0.2, -0.15) is 0 Å². The number of pyridine rings is 1. The first-order valence-electron chi connectivity index (χ1n) is 7.18. The third kappa shape index (κ3) is 4.26. The third-order valence-corrected chi connectivity index (χ3v) is 3.29. The molecular formula is C17H21FN2O. The lowest BCUT2D eigenvalue weighted by Gasteiger charge is -2.14. The smallest absolute Gasteiger partial charge is 0.165 e. The van der Waals surface area contributed by atoms with E-state index >= 15 is 0 Å². The largest absolute Gasteiger partial charge is 0.484 e. The molecule has 0 aliphatic rings. The summed E-state index contributed by atoms with van der Waals surface area (Å²) in [6, 6.07) is 10.9. The number of nitrogens with zero attached hydrogens (tertiary/aromatic N) is 1. The fourth-order valence-electron chi connectivity index (χ4n) is 2.16. The SMILES string of the molecule is CCNC(C)c1ccc(OCc2cccc(C)n2)c(F)c1. The minimum atomic E-state index is -0.343. The first-order valence-corrected chi connectivity index (χ1v) is 7.18. The second-order valence-electron chi connectivity index (χ2n) is 5.03. The van der Waals surface area contributed by atoms with Gasteiger partial charge >= 0.3 is 0 Å². The van der Waals surface area contributed by atoms with Crippen LogP contribution >= 0.6 is 0 Å². The molecule has 112 valence electrons. The van der Waals surface area contributed by atoms with E-state index in [-0.39, 0.29) is 24.2 Å². The minimum Gasteiger partial charge on any atom is -0.484 e. The van der Waals surface area contributed by atoms with Crippen molar-refractivity contribution < 1.29 is 9.13 Å². The Kier molecular flexibility index (Phi) is 5.28. The monoisotopic (exact) mass is 288 g/mol. The van der Waals surface area contributed by atoms with Gasteiger partial charge in [0.2, 0.25) is 0 Å². The highest BCUT2D eigenvalue weighted by atomic mass is 19.1. The number of ether oxygens (including phenoxy) is 1. The number of aromatic nitrogens is 1. The molecule has 2 aromatic rings. The number of aryl methyl sites for hydroxylation is 1. The van der Waals surface area contributed by atoms with Crippen molar-refractivity contribution in [3.63, 3.8) is 0 Å². The Balaban J connectivity index is 2.04. The Bertz CT molecular complexity index is 601. The lowest BCUT2D eigenvalue weighted by atomic mass is 10.1. The Morgan fingerprint density at radius 2 is 2.10 bits per heavy atom. The van der Waals surface area contributed by atoms with Crippen LogP contribution in [0.3, 0.4) is 0 Å². The maximum absolute atomic E-state index is 14.1. The van der Waals surface area contributed by atoms with Crippen LogP contribution < -0.4 is 10.1 Å². The van der Waals surface area contributed by atoms with Crippen LogP contribution in [0.25, 0.3) is 0 Å². The van der Waals surface area contributed by atoms with Gasteiger partial charge in [0.05, 0.1) is 5.69 Å². The minimum absolute atomic E-state index is 0.122. The van der Waals surface area contributed by atoms with Gasteiger partial charge in [0.1, 0.15) is 6.61 Å². The van der Waals surface area contributed by atoms with Gasteiger partial charge in [-0.3, -0.25) is 4.98 Å². The molecule has 0 aliphatic heterocycles. The molecule has 1 heterocycles. The summed E-state index contributed by atoms with van der Waals surface area (Å²) in [6.45, 7) is 7.07. The van der Waals surface area contributed by atoms with Gasteiger partial charge < -0.3 is 10.1 Å². The molecule has 1 aromatic carbocycles. The highest BCUT2D eigenvalue weighted by Gasteiger charge is 2.09. The first-order chi connectivity index (χ1) is 10.1. The van der Waals surface area contributed by atoms with E-state index in [0.717, 1.165) is 23.5 Å². The van der Waals surface area contributed by atoms with Gasteiger partial charge in [-0.1, -0.05) is 19.1 Å². The zero-order chi connectivity index (χ0) is 15.2. The van der Waals surface area contributed by atoms with Crippen molar-refractivity contribution in [2.24, 2.45) is 0 Å². The van der Waals surface area contributed by atoms with Crippen molar-refractivity contribution in [3.8, 4) is 5.75 Å². The van der Waals surface area contributed by atoms with Crippen LogP contribution in [0.1, 0.15) is 36.8 Å². The van der Waals surface area contributed by atoms with Crippen molar-refractivity contribution in [2.45, 2.75) is 33.4 Å². The van der Waals surface area contributed by atoms with Crippen molar-refractivity contribution >= 4 is 0 Å². The average molecular weight is 288 g/mol. The summed E-state index contributed by atoms with van der Waals surface area (Å²) in [4.78, 5) is 4.33. The van der Waals surface area contributed by atoms with E-state index in [2.05, 4.69) is 10.3 Å². The summed E-state index contributed by atoms with van der Waals surface area (Å²) in [6.07, 6.45) is 0. The normalized spacial score (nSPS) is 12.2. The molecule has 4 heteroatoms. The lowest BCUT2D eigenvalue weighted by molar-refractivity contribution is 0.285. The van der Waals surface area contributed by atoms with Gasteiger partial charge in [0.15, 0.2) is 11.6 Å². The van der Waals surface area contributed by atoms with Crippen molar-refractivity contribution in [2.75, 3.05) is 6.54 Å². The Morgan fingerprint density at radius 1 is 1.29 bits per heavy atom. The highest BCUT2D eigenvalue weighted by Crippen LogP contribution is 2.22. The Labute approximate surface area is 125 Å². The van der Waals surface area contributed by atoms with Gasteiger partial charge in [0, 0.05) is 11.7 Å². The quantitative estimate of drug-likeness (QED) is 0.878. The molecule has 3 nitrogen and oxygen atoms in total. The fraction of sp³-hybridized carbons (Fsp3) is 0.353. The Hall–Kier alpha value is -1.94. The van der Waals surface area contributed by atoms with E-state index in [1.165, 1.54) is 6.07 Å². The number of rotatable bonds is 6. The second kappa shape index (κ2) is 7.18. The molecule has 0 amide bonds. The molecule has 0 saturated carbocycles. The van der Waals surface area contributed by atoms with E-state index < -0.39 is 0 Å². The summed E-state index contributed by atoms with van der Waals surface area (Å²) >= 11 is 0. The van der Waals surface area contributed by atoms with E-state index in [0.29, 0.717) is 0 Å². The Morgan fingerprint density at radius 3 is 2.76 bits per heavy atom. The third-order valence-electron chi connectivity index (χ3n) is 3.29. The first kappa shape index (κ1) is 15.4. The molecule has 0 spiro atoms. The van der Waals surface area contributed by atoms with Gasteiger partial charge in [-0.25, -0.2) is 4.39 Å². The lowest BCUT2D eigenvalue weighted by Crippen LogP contribution is -2.17. The fourth-order valence-corrected chi connectivity index (χ4v) is 2.16. The maximum Gasteiger partial charge on any atom is 0.165 e. The molecule has 0 fully saturated rings. The van der Waals surface area contributed by atoms with E-state index in [1.54, 1.807) is 6.07 Å². The molecule has 1 atom stereocenters. The van der Waals surface area contributed by atoms with Gasteiger partial charge in [-0.15, -0.1) is 0 Å². The zero-order valence-electron chi connectivity index (χ0n) is 12.7. The predicted octanol–water partition coefficient (Wildman–Crippen LogP) is 3.78. The van der Waals surface area contributed by atoms with Crippen LogP contribution in [0.2, 0.25) is 0 Å². The molecule has 0 radical (unpaired) electrons. The molecule has 21 heavy (non-hydrogen) atoms. The van der Waals surface area contributed by atoms with Gasteiger partial charge in [-0.05, 0) is 50.2 Å². The standard InChI is InChI=1S/C17H21FN2O/c1-4-19-13(3)14-8-9-17(16(18)10-14)21-11-15-7-5-6-12(2)20-15/h5-10,13,19H,4,11H2,1-3H3. The average Bonchev–Trinajstić information content (AvgIpc) is 2.46. The molecule has 1 unspecified atom stereocenters. The topological polar surface area (TPSA) is 34.1 Å². The van der Waals surface area contributed by atoms with Crippen molar-refractivity contribution in [1.82, 2.24) is 10.3 Å². The molecule has 2 rings (SSSR count). The number of halogens is 1.